The van der Waals surface area contributed by atoms with E-state index in [2.05, 4.69) is 9.80 Å². The van der Waals surface area contributed by atoms with Crippen LogP contribution in [0.25, 0.3) is 0 Å². The number of rotatable bonds is 5. The van der Waals surface area contributed by atoms with Gasteiger partial charge in [-0.1, -0.05) is 6.42 Å². The number of hydrogen-bond donors (Lipinski definition) is 0. The number of fused-ring (bicyclic) bond motifs is 1. The van der Waals surface area contributed by atoms with Gasteiger partial charge in [0.05, 0.1) is 6.61 Å². The number of piperazine rings is 1. The van der Waals surface area contributed by atoms with Crippen LogP contribution >= 0.6 is 0 Å². The van der Waals surface area contributed by atoms with E-state index in [1.807, 2.05) is 0 Å². The van der Waals surface area contributed by atoms with Crippen LogP contribution in [0.4, 0.5) is 0 Å². The Morgan fingerprint density at radius 3 is 2.82 bits per heavy atom. The molecule has 3 nitrogen and oxygen atoms in total. The molecule has 1 atom stereocenters. The van der Waals surface area contributed by atoms with Gasteiger partial charge in [-0.3, -0.25) is 9.80 Å². The first-order chi connectivity index (χ1) is 8.42. The van der Waals surface area contributed by atoms with E-state index in [9.17, 15) is 0 Å². The van der Waals surface area contributed by atoms with Gasteiger partial charge in [0, 0.05) is 38.8 Å². The van der Waals surface area contributed by atoms with Crippen LogP contribution in [0, 0.1) is 5.92 Å². The summed E-state index contributed by atoms with van der Waals surface area (Å²) in [5, 5.41) is 0. The zero-order valence-electron chi connectivity index (χ0n) is 10.9. The molecule has 0 aromatic rings. The molecule has 2 saturated heterocycles. The Kier molecular flexibility index (Phi) is 3.99. The molecule has 0 aromatic carbocycles. The van der Waals surface area contributed by atoms with Gasteiger partial charge in [-0.25, -0.2) is 0 Å². The van der Waals surface area contributed by atoms with Crippen LogP contribution in [0.3, 0.4) is 0 Å². The van der Waals surface area contributed by atoms with Crippen LogP contribution in [-0.2, 0) is 4.74 Å². The molecule has 1 saturated carbocycles. The highest BCUT2D eigenvalue weighted by Crippen LogP contribution is 2.28. The first-order valence-corrected chi connectivity index (χ1v) is 7.46. The zero-order valence-corrected chi connectivity index (χ0v) is 10.9. The van der Waals surface area contributed by atoms with Crippen LogP contribution in [-0.4, -0.2) is 61.8 Å². The molecule has 0 amide bonds. The number of nitrogens with zero attached hydrogens (tertiary/aromatic N) is 2. The molecule has 0 bridgehead atoms. The number of ether oxygens (including phenoxy) is 1. The van der Waals surface area contributed by atoms with E-state index in [0.29, 0.717) is 0 Å². The summed E-state index contributed by atoms with van der Waals surface area (Å²) in [4.78, 5) is 5.31. The molecule has 3 aliphatic rings. The molecule has 0 spiro atoms. The van der Waals surface area contributed by atoms with Crippen molar-refractivity contribution in [2.24, 2.45) is 5.92 Å². The normalized spacial score (nSPS) is 31.4. The molecule has 0 radical (unpaired) electrons. The molecule has 98 valence electrons. The largest absolute Gasteiger partial charge is 0.380 e. The van der Waals surface area contributed by atoms with Crippen LogP contribution in [0.1, 0.15) is 32.1 Å². The molecular weight excluding hydrogens is 212 g/mol. The standard InChI is InChI=1S/C14H26N2O/c1-2-6-16-8-7-15(11-14(16)3-1)9-10-17-12-13-4-5-13/h13-14H,1-12H2. The van der Waals surface area contributed by atoms with Crippen LogP contribution < -0.4 is 0 Å². The highest BCUT2D eigenvalue weighted by atomic mass is 16.5. The molecule has 1 unspecified atom stereocenters. The van der Waals surface area contributed by atoms with Crippen molar-refractivity contribution >= 4 is 0 Å². The summed E-state index contributed by atoms with van der Waals surface area (Å²) in [5.74, 6) is 0.908. The van der Waals surface area contributed by atoms with E-state index in [0.717, 1.165) is 31.7 Å². The third kappa shape index (κ3) is 3.43. The van der Waals surface area contributed by atoms with Gasteiger partial charge in [0.25, 0.3) is 0 Å². The Hall–Kier alpha value is -0.120. The van der Waals surface area contributed by atoms with E-state index in [1.165, 1.54) is 58.3 Å². The van der Waals surface area contributed by atoms with Gasteiger partial charge < -0.3 is 4.74 Å². The minimum absolute atomic E-state index is 0.848. The van der Waals surface area contributed by atoms with E-state index >= 15 is 0 Å². The molecule has 17 heavy (non-hydrogen) atoms. The first-order valence-electron chi connectivity index (χ1n) is 7.46. The van der Waals surface area contributed by atoms with Crippen molar-refractivity contribution in [1.29, 1.82) is 0 Å². The summed E-state index contributed by atoms with van der Waals surface area (Å²) >= 11 is 0. The molecule has 1 aliphatic carbocycles. The monoisotopic (exact) mass is 238 g/mol. The van der Waals surface area contributed by atoms with Crippen molar-refractivity contribution in [3.8, 4) is 0 Å². The summed E-state index contributed by atoms with van der Waals surface area (Å²) in [7, 11) is 0. The lowest BCUT2D eigenvalue weighted by Gasteiger charge is -2.44. The molecule has 3 fully saturated rings. The van der Waals surface area contributed by atoms with Crippen LogP contribution in [0.15, 0.2) is 0 Å². The molecule has 0 N–H and O–H groups in total. The van der Waals surface area contributed by atoms with E-state index in [4.69, 9.17) is 4.74 Å². The number of piperidine rings is 1. The Morgan fingerprint density at radius 1 is 1.00 bits per heavy atom. The minimum Gasteiger partial charge on any atom is -0.380 e. The zero-order chi connectivity index (χ0) is 11.5. The van der Waals surface area contributed by atoms with E-state index in [-0.39, 0.29) is 0 Å². The fourth-order valence-electron chi connectivity index (χ4n) is 3.15. The summed E-state index contributed by atoms with van der Waals surface area (Å²) in [6.45, 7) is 8.28. The van der Waals surface area contributed by atoms with Gasteiger partial charge in [0.2, 0.25) is 0 Å². The smallest absolute Gasteiger partial charge is 0.0593 e. The van der Waals surface area contributed by atoms with Gasteiger partial charge in [-0.2, -0.15) is 0 Å². The Balaban J connectivity index is 1.33. The quantitative estimate of drug-likeness (QED) is 0.676. The maximum absolute atomic E-state index is 5.74. The third-order valence-corrected chi connectivity index (χ3v) is 4.52. The van der Waals surface area contributed by atoms with Crippen molar-refractivity contribution < 1.29 is 4.74 Å². The van der Waals surface area contributed by atoms with Gasteiger partial charge >= 0.3 is 0 Å². The van der Waals surface area contributed by atoms with E-state index in [1.54, 1.807) is 0 Å². The van der Waals surface area contributed by atoms with Crippen molar-refractivity contribution in [3.05, 3.63) is 0 Å². The average Bonchev–Trinajstić information content (AvgIpc) is 3.18. The van der Waals surface area contributed by atoms with E-state index < -0.39 is 0 Å². The molecule has 3 heteroatoms. The second kappa shape index (κ2) is 5.68. The molecule has 0 aromatic heterocycles. The summed E-state index contributed by atoms with van der Waals surface area (Å²) in [5.41, 5.74) is 0. The summed E-state index contributed by atoms with van der Waals surface area (Å²) in [6, 6.07) is 0.848. The molecule has 2 aliphatic heterocycles. The predicted molar refractivity (Wildman–Crippen MR) is 69.2 cm³/mol. The molecular formula is C14H26N2O. The maximum Gasteiger partial charge on any atom is 0.0593 e. The Labute approximate surface area is 105 Å². The topological polar surface area (TPSA) is 15.7 Å². The third-order valence-electron chi connectivity index (χ3n) is 4.52. The fraction of sp³-hybridized carbons (Fsp3) is 1.00. The highest BCUT2D eigenvalue weighted by Gasteiger charge is 2.28. The first kappa shape index (κ1) is 11.9. The SMILES string of the molecule is C1CCN2CCN(CCOCC3CC3)CC2C1. The second-order valence-electron chi connectivity index (χ2n) is 6.00. The van der Waals surface area contributed by atoms with Gasteiger partial charge in [0.15, 0.2) is 0 Å². The van der Waals surface area contributed by atoms with Crippen LogP contribution in [0.2, 0.25) is 0 Å². The maximum atomic E-state index is 5.74. The molecule has 2 heterocycles. The van der Waals surface area contributed by atoms with Crippen molar-refractivity contribution in [2.45, 2.75) is 38.1 Å². The van der Waals surface area contributed by atoms with Crippen molar-refractivity contribution in [2.75, 3.05) is 45.9 Å². The summed E-state index contributed by atoms with van der Waals surface area (Å²) < 4.78 is 5.74. The lowest BCUT2D eigenvalue weighted by molar-refractivity contribution is 0.0280. The lowest BCUT2D eigenvalue weighted by atomic mass is 9.99. The molecule has 3 rings (SSSR count). The second-order valence-corrected chi connectivity index (χ2v) is 6.00. The average molecular weight is 238 g/mol. The van der Waals surface area contributed by atoms with Crippen molar-refractivity contribution in [3.63, 3.8) is 0 Å². The predicted octanol–water partition coefficient (Wildman–Crippen LogP) is 1.58. The van der Waals surface area contributed by atoms with Gasteiger partial charge in [-0.05, 0) is 38.1 Å². The number of hydrogen-bond acceptors (Lipinski definition) is 3. The Bertz CT molecular complexity index is 242. The van der Waals surface area contributed by atoms with Crippen molar-refractivity contribution in [1.82, 2.24) is 9.80 Å². The van der Waals surface area contributed by atoms with Gasteiger partial charge in [-0.15, -0.1) is 0 Å². The lowest BCUT2D eigenvalue weighted by Crippen LogP contribution is -2.55. The van der Waals surface area contributed by atoms with Crippen LogP contribution in [0.5, 0.6) is 0 Å². The summed E-state index contributed by atoms with van der Waals surface area (Å²) in [6.07, 6.45) is 7.08. The minimum atomic E-state index is 0.848. The highest BCUT2D eigenvalue weighted by molar-refractivity contribution is 4.84. The Morgan fingerprint density at radius 2 is 1.94 bits per heavy atom. The van der Waals surface area contributed by atoms with Gasteiger partial charge in [0.1, 0.15) is 0 Å². The fourth-order valence-corrected chi connectivity index (χ4v) is 3.15.